The molecule has 0 aromatic rings. The third kappa shape index (κ3) is 2.64. The zero-order valence-electron chi connectivity index (χ0n) is 8.42. The maximum absolute atomic E-state index is 11.3. The van der Waals surface area contributed by atoms with Crippen LogP contribution in [0.4, 0.5) is 0 Å². The second kappa shape index (κ2) is 4.24. The lowest BCUT2D eigenvalue weighted by molar-refractivity contribution is -0.146. The molecule has 0 unspecified atom stereocenters. The van der Waals surface area contributed by atoms with Crippen molar-refractivity contribution >= 4 is 11.7 Å². The van der Waals surface area contributed by atoms with Crippen molar-refractivity contribution in [3.63, 3.8) is 0 Å². The van der Waals surface area contributed by atoms with Crippen LogP contribution in [0.2, 0.25) is 0 Å². The molecule has 1 amide bonds. The number of hydrogen-bond donors (Lipinski definition) is 0. The molecule has 70 valence electrons. The molecule has 0 heterocycles. The molecule has 0 N–H and O–H groups in total. The first-order valence-corrected chi connectivity index (χ1v) is 4.19. The molecule has 0 saturated carbocycles. The summed E-state index contributed by atoms with van der Waals surface area (Å²) in [4.78, 5) is 24.0. The molecule has 0 saturated heterocycles. The van der Waals surface area contributed by atoms with Crippen LogP contribution >= 0.6 is 0 Å². The Morgan fingerprint density at radius 2 is 1.50 bits per heavy atom. The van der Waals surface area contributed by atoms with E-state index in [2.05, 4.69) is 0 Å². The first-order chi connectivity index (χ1) is 5.37. The molecular weight excluding hydrogens is 154 g/mol. The van der Waals surface area contributed by atoms with Gasteiger partial charge in [-0.3, -0.25) is 9.59 Å². The van der Waals surface area contributed by atoms with Gasteiger partial charge in [0.05, 0.1) is 0 Å². The maximum atomic E-state index is 11.3. The quantitative estimate of drug-likeness (QED) is 0.596. The van der Waals surface area contributed by atoms with Crippen LogP contribution in [0.5, 0.6) is 0 Å². The van der Waals surface area contributed by atoms with Crippen LogP contribution in [0.1, 0.15) is 27.7 Å². The Morgan fingerprint density at radius 3 is 1.75 bits per heavy atom. The Labute approximate surface area is 73.7 Å². The van der Waals surface area contributed by atoms with Gasteiger partial charge in [-0.2, -0.15) is 0 Å². The second-order valence-corrected chi connectivity index (χ2v) is 3.53. The number of likely N-dealkylation sites (N-methyl/N-ethyl adjacent to an activating group) is 1. The third-order valence-electron chi connectivity index (χ3n) is 1.83. The first-order valence-electron chi connectivity index (χ1n) is 4.19. The van der Waals surface area contributed by atoms with E-state index in [1.165, 1.54) is 4.90 Å². The van der Waals surface area contributed by atoms with E-state index >= 15 is 0 Å². The van der Waals surface area contributed by atoms with Gasteiger partial charge in [-0.25, -0.2) is 0 Å². The largest absolute Gasteiger partial charge is 0.337 e. The van der Waals surface area contributed by atoms with Crippen LogP contribution < -0.4 is 0 Å². The van der Waals surface area contributed by atoms with Gasteiger partial charge in [0.15, 0.2) is 0 Å². The SMILES string of the molecule is CC(C)C(=O)C(=O)N(C)C(C)C. The van der Waals surface area contributed by atoms with Gasteiger partial charge < -0.3 is 4.90 Å². The van der Waals surface area contributed by atoms with E-state index in [0.717, 1.165) is 0 Å². The Kier molecular flexibility index (Phi) is 3.93. The normalized spacial score (nSPS) is 10.6. The molecular formula is C9H17NO2. The summed E-state index contributed by atoms with van der Waals surface area (Å²) < 4.78 is 0. The van der Waals surface area contributed by atoms with Crippen molar-refractivity contribution in [2.45, 2.75) is 33.7 Å². The van der Waals surface area contributed by atoms with Gasteiger partial charge >= 0.3 is 0 Å². The number of nitrogens with zero attached hydrogens (tertiary/aromatic N) is 1. The van der Waals surface area contributed by atoms with Crippen molar-refractivity contribution < 1.29 is 9.59 Å². The van der Waals surface area contributed by atoms with Gasteiger partial charge in [-0.1, -0.05) is 13.8 Å². The number of carbonyl (C=O) groups is 2. The Bertz CT molecular complexity index is 185. The zero-order chi connectivity index (χ0) is 9.89. The number of carbonyl (C=O) groups excluding carboxylic acids is 2. The molecule has 0 rings (SSSR count). The molecule has 3 heteroatoms. The zero-order valence-corrected chi connectivity index (χ0v) is 8.42. The van der Waals surface area contributed by atoms with Crippen LogP contribution in [0.3, 0.4) is 0 Å². The van der Waals surface area contributed by atoms with Gasteiger partial charge in [-0.15, -0.1) is 0 Å². The van der Waals surface area contributed by atoms with E-state index in [0.29, 0.717) is 0 Å². The van der Waals surface area contributed by atoms with E-state index in [1.807, 2.05) is 13.8 Å². The van der Waals surface area contributed by atoms with Crippen LogP contribution in [0.25, 0.3) is 0 Å². The minimum atomic E-state index is -0.389. The van der Waals surface area contributed by atoms with Crippen molar-refractivity contribution in [2.24, 2.45) is 5.92 Å². The molecule has 0 aromatic heterocycles. The van der Waals surface area contributed by atoms with Gasteiger partial charge in [0.25, 0.3) is 5.91 Å². The lowest BCUT2D eigenvalue weighted by Crippen LogP contribution is -2.39. The highest BCUT2D eigenvalue weighted by Crippen LogP contribution is 2.01. The molecule has 0 spiro atoms. The van der Waals surface area contributed by atoms with Crippen LogP contribution in [-0.4, -0.2) is 29.7 Å². The average molecular weight is 171 g/mol. The van der Waals surface area contributed by atoms with Crippen molar-refractivity contribution in [3.8, 4) is 0 Å². The fourth-order valence-electron chi connectivity index (χ4n) is 0.655. The maximum Gasteiger partial charge on any atom is 0.290 e. The standard InChI is InChI=1S/C9H17NO2/c1-6(2)8(11)9(12)10(5)7(3)4/h6-7H,1-5H3. The summed E-state index contributed by atoms with van der Waals surface area (Å²) in [5, 5.41) is 0. The average Bonchev–Trinajstić information content (AvgIpc) is 2.00. The van der Waals surface area contributed by atoms with Crippen molar-refractivity contribution in [2.75, 3.05) is 7.05 Å². The molecule has 0 fully saturated rings. The molecule has 0 aliphatic rings. The number of amides is 1. The summed E-state index contributed by atoms with van der Waals surface area (Å²) >= 11 is 0. The Hall–Kier alpha value is -0.860. The predicted octanol–water partition coefficient (Wildman–Crippen LogP) is 1.08. The summed E-state index contributed by atoms with van der Waals surface area (Å²) in [6, 6.07) is 0.0835. The highest BCUT2D eigenvalue weighted by molar-refractivity contribution is 6.36. The smallest absolute Gasteiger partial charge is 0.290 e. The molecule has 0 atom stereocenters. The molecule has 12 heavy (non-hydrogen) atoms. The van der Waals surface area contributed by atoms with E-state index in [-0.39, 0.29) is 23.7 Å². The Balaban J connectivity index is 4.30. The van der Waals surface area contributed by atoms with Crippen LogP contribution in [-0.2, 0) is 9.59 Å². The summed E-state index contributed by atoms with van der Waals surface area (Å²) in [5.41, 5.74) is 0. The van der Waals surface area contributed by atoms with Crippen molar-refractivity contribution in [1.82, 2.24) is 4.90 Å². The molecule has 0 radical (unpaired) electrons. The molecule has 3 nitrogen and oxygen atoms in total. The topological polar surface area (TPSA) is 37.4 Å². The minimum absolute atomic E-state index is 0.0835. The fraction of sp³-hybridized carbons (Fsp3) is 0.778. The molecule has 0 aromatic carbocycles. The number of ketones is 1. The summed E-state index contributed by atoms with van der Waals surface area (Å²) in [6.07, 6.45) is 0. The fourth-order valence-corrected chi connectivity index (χ4v) is 0.655. The Morgan fingerprint density at radius 1 is 1.08 bits per heavy atom. The number of rotatable bonds is 3. The van der Waals surface area contributed by atoms with Gasteiger partial charge in [0.2, 0.25) is 5.78 Å². The monoisotopic (exact) mass is 171 g/mol. The van der Waals surface area contributed by atoms with Crippen molar-refractivity contribution in [1.29, 1.82) is 0 Å². The van der Waals surface area contributed by atoms with Crippen LogP contribution in [0.15, 0.2) is 0 Å². The summed E-state index contributed by atoms with van der Waals surface area (Å²) in [5.74, 6) is -0.912. The lowest BCUT2D eigenvalue weighted by atomic mass is 10.1. The molecule has 0 aliphatic heterocycles. The second-order valence-electron chi connectivity index (χ2n) is 3.53. The van der Waals surface area contributed by atoms with E-state index < -0.39 is 0 Å². The lowest BCUT2D eigenvalue weighted by Gasteiger charge is -2.21. The van der Waals surface area contributed by atoms with E-state index in [1.54, 1.807) is 20.9 Å². The highest BCUT2D eigenvalue weighted by atomic mass is 16.2. The first kappa shape index (κ1) is 11.1. The van der Waals surface area contributed by atoms with E-state index in [4.69, 9.17) is 0 Å². The molecule has 0 aliphatic carbocycles. The predicted molar refractivity (Wildman–Crippen MR) is 47.8 cm³/mol. The van der Waals surface area contributed by atoms with Gasteiger partial charge in [0.1, 0.15) is 0 Å². The number of hydrogen-bond acceptors (Lipinski definition) is 2. The van der Waals surface area contributed by atoms with E-state index in [9.17, 15) is 9.59 Å². The van der Waals surface area contributed by atoms with Crippen molar-refractivity contribution in [3.05, 3.63) is 0 Å². The van der Waals surface area contributed by atoms with Gasteiger partial charge in [0, 0.05) is 19.0 Å². The van der Waals surface area contributed by atoms with Gasteiger partial charge in [-0.05, 0) is 13.8 Å². The third-order valence-corrected chi connectivity index (χ3v) is 1.83. The summed E-state index contributed by atoms with van der Waals surface area (Å²) in [7, 11) is 1.65. The number of Topliss-reactive ketones (excluding diaryl/α,β-unsaturated/α-hetero) is 1. The summed E-state index contributed by atoms with van der Waals surface area (Å²) in [6.45, 7) is 7.22. The minimum Gasteiger partial charge on any atom is -0.337 e. The molecule has 0 bridgehead atoms. The highest BCUT2D eigenvalue weighted by Gasteiger charge is 2.22. The van der Waals surface area contributed by atoms with Crippen LogP contribution in [0, 0.1) is 5.92 Å².